The lowest BCUT2D eigenvalue weighted by atomic mass is 9.93. The molecule has 1 aromatic carbocycles. The quantitative estimate of drug-likeness (QED) is 0.661. The van der Waals surface area contributed by atoms with Crippen molar-refractivity contribution in [2.24, 2.45) is 4.99 Å². The van der Waals surface area contributed by atoms with Gasteiger partial charge in [0.15, 0.2) is 5.96 Å². The normalized spacial score (nSPS) is 13.5. The third-order valence-corrected chi connectivity index (χ3v) is 3.15. The van der Waals surface area contributed by atoms with Crippen LogP contribution < -0.4 is 0 Å². The minimum atomic E-state index is -0.322. The predicted molar refractivity (Wildman–Crippen MR) is 85.2 cm³/mol. The predicted octanol–water partition coefficient (Wildman–Crippen LogP) is 2.02. The first-order valence-electron chi connectivity index (χ1n) is 7.04. The second kappa shape index (κ2) is 7.90. The Bertz CT molecular complexity index is 403. The number of guanidine groups is 1. The molecule has 1 aromatic rings. The van der Waals surface area contributed by atoms with Crippen LogP contribution in [0.2, 0.25) is 0 Å². The summed E-state index contributed by atoms with van der Waals surface area (Å²) in [4.78, 5) is 8.72. The van der Waals surface area contributed by atoms with Gasteiger partial charge in [-0.3, -0.25) is 4.99 Å². The van der Waals surface area contributed by atoms with Crippen molar-refractivity contribution >= 4 is 5.96 Å². The maximum absolute atomic E-state index is 9.70. The molecule has 0 bridgehead atoms. The number of nitrogens with zero attached hydrogens (tertiary/aromatic N) is 3. The zero-order chi connectivity index (χ0) is 15.1. The van der Waals surface area contributed by atoms with Gasteiger partial charge in [0.2, 0.25) is 0 Å². The average Bonchev–Trinajstić information content (AvgIpc) is 2.37. The van der Waals surface area contributed by atoms with Gasteiger partial charge in [-0.05, 0) is 18.9 Å². The van der Waals surface area contributed by atoms with E-state index in [0.717, 1.165) is 12.4 Å². The Morgan fingerprint density at radius 1 is 1.10 bits per heavy atom. The Hall–Kier alpha value is -1.55. The Morgan fingerprint density at radius 3 is 2.10 bits per heavy atom. The summed E-state index contributed by atoms with van der Waals surface area (Å²) in [5.74, 6) is 1.18. The molecule has 0 heterocycles. The van der Waals surface area contributed by atoms with E-state index in [1.54, 1.807) is 0 Å². The second-order valence-corrected chi connectivity index (χ2v) is 5.62. The molecule has 112 valence electrons. The van der Waals surface area contributed by atoms with Crippen LogP contribution in [-0.4, -0.2) is 61.7 Å². The van der Waals surface area contributed by atoms with Crippen molar-refractivity contribution < 1.29 is 5.11 Å². The topological polar surface area (TPSA) is 39.1 Å². The van der Waals surface area contributed by atoms with E-state index in [9.17, 15) is 5.11 Å². The summed E-state index contributed by atoms with van der Waals surface area (Å²) in [6.45, 7) is 2.51. The fourth-order valence-electron chi connectivity index (χ4n) is 2.33. The van der Waals surface area contributed by atoms with Crippen LogP contribution in [0, 0.1) is 0 Å². The van der Waals surface area contributed by atoms with Gasteiger partial charge < -0.3 is 14.9 Å². The summed E-state index contributed by atoms with van der Waals surface area (Å²) in [6, 6.07) is 10.3. The Morgan fingerprint density at radius 2 is 1.65 bits per heavy atom. The van der Waals surface area contributed by atoms with Crippen molar-refractivity contribution in [3.63, 3.8) is 0 Å². The van der Waals surface area contributed by atoms with Gasteiger partial charge in [0.1, 0.15) is 0 Å². The van der Waals surface area contributed by atoms with Crippen molar-refractivity contribution in [1.82, 2.24) is 9.80 Å². The van der Waals surface area contributed by atoms with E-state index in [1.807, 2.05) is 63.1 Å². The van der Waals surface area contributed by atoms with Gasteiger partial charge >= 0.3 is 0 Å². The minimum absolute atomic E-state index is 0.242. The maximum Gasteiger partial charge on any atom is 0.195 e. The molecule has 0 aliphatic carbocycles. The largest absolute Gasteiger partial charge is 0.393 e. The zero-order valence-electron chi connectivity index (χ0n) is 13.2. The molecule has 0 fully saturated rings. The van der Waals surface area contributed by atoms with Crippen LogP contribution >= 0.6 is 0 Å². The summed E-state index contributed by atoms with van der Waals surface area (Å²) < 4.78 is 0. The van der Waals surface area contributed by atoms with Gasteiger partial charge in [0.05, 0.1) is 6.10 Å². The third-order valence-electron chi connectivity index (χ3n) is 3.15. The summed E-state index contributed by atoms with van der Waals surface area (Å²) in [6.07, 6.45) is 0.402. The molecule has 1 rings (SSSR count). The molecule has 0 radical (unpaired) electrons. The molecule has 0 aromatic heterocycles. The Labute approximate surface area is 122 Å². The molecule has 2 atom stereocenters. The number of aliphatic hydroxyl groups is 1. The van der Waals surface area contributed by atoms with Crippen LogP contribution in [0.3, 0.4) is 0 Å². The molecule has 1 N–H and O–H groups in total. The Kier molecular flexibility index (Phi) is 6.52. The number of rotatable bonds is 5. The molecule has 0 aliphatic heterocycles. The minimum Gasteiger partial charge on any atom is -0.393 e. The fraction of sp³-hybridized carbons (Fsp3) is 0.562. The number of hydrogen-bond donors (Lipinski definition) is 1. The van der Waals surface area contributed by atoms with Crippen LogP contribution in [0.1, 0.15) is 24.8 Å². The molecule has 0 amide bonds. The summed E-state index contributed by atoms with van der Waals surface area (Å²) in [5.41, 5.74) is 1.23. The zero-order valence-corrected chi connectivity index (χ0v) is 13.2. The SMILES string of the molecule is C[C@H](O)C[C@@H](CN=C(N(C)C)N(C)C)c1ccccc1. The smallest absolute Gasteiger partial charge is 0.195 e. The monoisotopic (exact) mass is 277 g/mol. The molecule has 0 saturated heterocycles. The van der Waals surface area contributed by atoms with Gasteiger partial charge in [-0.2, -0.15) is 0 Å². The lowest BCUT2D eigenvalue weighted by Crippen LogP contribution is -2.35. The number of benzene rings is 1. The molecule has 4 nitrogen and oxygen atoms in total. The van der Waals surface area contributed by atoms with E-state index in [2.05, 4.69) is 12.1 Å². The standard InChI is InChI=1S/C16H27N3O/c1-13(20)11-15(14-9-7-6-8-10-14)12-17-16(18(2)3)19(4)5/h6-10,13,15,20H,11-12H2,1-5H3/t13-,15-/m0/s1. The van der Waals surface area contributed by atoms with Gasteiger partial charge in [0.25, 0.3) is 0 Å². The molecule has 0 aliphatic rings. The summed E-state index contributed by atoms with van der Waals surface area (Å²) >= 11 is 0. The highest BCUT2D eigenvalue weighted by Crippen LogP contribution is 2.21. The van der Waals surface area contributed by atoms with Crippen molar-refractivity contribution in [2.45, 2.75) is 25.4 Å². The van der Waals surface area contributed by atoms with Gasteiger partial charge in [-0.1, -0.05) is 30.3 Å². The average molecular weight is 277 g/mol. The summed E-state index contributed by atoms with van der Waals surface area (Å²) in [7, 11) is 7.96. The highest BCUT2D eigenvalue weighted by molar-refractivity contribution is 5.79. The number of aliphatic imine (C=N–C) groups is 1. The molecule has 0 spiro atoms. The van der Waals surface area contributed by atoms with Crippen molar-refractivity contribution in [1.29, 1.82) is 0 Å². The van der Waals surface area contributed by atoms with Crippen molar-refractivity contribution in [3.05, 3.63) is 35.9 Å². The van der Waals surface area contributed by atoms with E-state index < -0.39 is 0 Å². The first kappa shape index (κ1) is 16.5. The van der Waals surface area contributed by atoms with Crippen LogP contribution in [0.15, 0.2) is 35.3 Å². The molecule has 0 unspecified atom stereocenters. The van der Waals surface area contributed by atoms with E-state index in [1.165, 1.54) is 5.56 Å². The maximum atomic E-state index is 9.70. The van der Waals surface area contributed by atoms with Gasteiger partial charge in [0, 0.05) is 40.7 Å². The highest BCUT2D eigenvalue weighted by Gasteiger charge is 2.15. The van der Waals surface area contributed by atoms with E-state index >= 15 is 0 Å². The first-order chi connectivity index (χ1) is 9.41. The van der Waals surface area contributed by atoms with Crippen LogP contribution in [-0.2, 0) is 0 Å². The number of hydrogen-bond acceptors (Lipinski definition) is 2. The fourth-order valence-corrected chi connectivity index (χ4v) is 2.33. The van der Waals surface area contributed by atoms with Gasteiger partial charge in [-0.15, -0.1) is 0 Å². The molecule has 4 heteroatoms. The van der Waals surface area contributed by atoms with Gasteiger partial charge in [-0.25, -0.2) is 0 Å². The summed E-state index contributed by atoms with van der Waals surface area (Å²) in [5, 5.41) is 9.70. The molecule has 20 heavy (non-hydrogen) atoms. The lowest BCUT2D eigenvalue weighted by Gasteiger charge is -2.24. The second-order valence-electron chi connectivity index (χ2n) is 5.62. The van der Waals surface area contributed by atoms with Crippen molar-refractivity contribution in [2.75, 3.05) is 34.7 Å². The third kappa shape index (κ3) is 5.21. The van der Waals surface area contributed by atoms with Crippen LogP contribution in [0.25, 0.3) is 0 Å². The molecular weight excluding hydrogens is 250 g/mol. The van der Waals surface area contributed by atoms with Crippen LogP contribution in [0.4, 0.5) is 0 Å². The molecule has 0 saturated carbocycles. The van der Waals surface area contributed by atoms with E-state index in [0.29, 0.717) is 6.54 Å². The lowest BCUT2D eigenvalue weighted by molar-refractivity contribution is 0.175. The molecular formula is C16H27N3O. The number of aliphatic hydroxyl groups excluding tert-OH is 1. The van der Waals surface area contributed by atoms with E-state index in [-0.39, 0.29) is 12.0 Å². The highest BCUT2D eigenvalue weighted by atomic mass is 16.3. The van der Waals surface area contributed by atoms with E-state index in [4.69, 9.17) is 4.99 Å². The first-order valence-corrected chi connectivity index (χ1v) is 7.04. The Balaban J connectivity index is 2.88. The van der Waals surface area contributed by atoms with Crippen molar-refractivity contribution in [3.8, 4) is 0 Å². The van der Waals surface area contributed by atoms with Crippen LogP contribution in [0.5, 0.6) is 0 Å².